The van der Waals surface area contributed by atoms with Crippen LogP contribution in [0.15, 0.2) is 46.4 Å². The smallest absolute Gasteiger partial charge is 0.259 e. The first-order chi connectivity index (χ1) is 13.0. The van der Waals surface area contributed by atoms with E-state index < -0.39 is 11.5 Å². The number of aromatic hydroxyl groups is 1. The SMILES string of the molecule is O=C(c1c[nH]c(=O)cc1O)N1CCc2c(nc(-c3ccncc3)[nH]c2=O)C1. The Morgan fingerprint density at radius 1 is 1.22 bits per heavy atom. The van der Waals surface area contributed by atoms with Gasteiger partial charge in [0.15, 0.2) is 0 Å². The lowest BCUT2D eigenvalue weighted by molar-refractivity contribution is 0.0727. The number of amides is 1. The normalized spacial score (nSPS) is 13.3. The number of hydrogen-bond acceptors (Lipinski definition) is 6. The van der Waals surface area contributed by atoms with Crippen LogP contribution in [-0.2, 0) is 13.0 Å². The molecule has 0 saturated carbocycles. The van der Waals surface area contributed by atoms with Gasteiger partial charge >= 0.3 is 0 Å². The lowest BCUT2D eigenvalue weighted by Crippen LogP contribution is -2.39. The van der Waals surface area contributed by atoms with Gasteiger partial charge < -0.3 is 20.0 Å². The van der Waals surface area contributed by atoms with E-state index >= 15 is 0 Å². The molecular weight excluding hydrogens is 350 g/mol. The molecule has 1 aliphatic heterocycles. The van der Waals surface area contributed by atoms with Crippen molar-refractivity contribution >= 4 is 5.91 Å². The maximum atomic E-state index is 12.7. The highest BCUT2D eigenvalue weighted by molar-refractivity contribution is 5.96. The molecule has 0 aliphatic carbocycles. The number of carbonyl (C=O) groups is 1. The molecule has 9 nitrogen and oxygen atoms in total. The van der Waals surface area contributed by atoms with E-state index in [0.29, 0.717) is 35.6 Å². The fourth-order valence-corrected chi connectivity index (χ4v) is 3.06. The number of nitrogens with zero attached hydrogens (tertiary/aromatic N) is 3. The molecule has 0 atom stereocenters. The summed E-state index contributed by atoms with van der Waals surface area (Å²) in [5.41, 5.74) is 1.04. The first-order valence-corrected chi connectivity index (χ1v) is 8.26. The second-order valence-electron chi connectivity index (χ2n) is 6.15. The van der Waals surface area contributed by atoms with Crippen LogP contribution in [0, 0.1) is 0 Å². The lowest BCUT2D eigenvalue weighted by atomic mass is 10.0. The number of aromatic amines is 2. The minimum Gasteiger partial charge on any atom is -0.507 e. The number of pyridine rings is 2. The van der Waals surface area contributed by atoms with Gasteiger partial charge in [0, 0.05) is 42.3 Å². The molecule has 0 spiro atoms. The summed E-state index contributed by atoms with van der Waals surface area (Å²) in [6, 6.07) is 4.42. The molecule has 136 valence electrons. The second-order valence-corrected chi connectivity index (χ2v) is 6.15. The first kappa shape index (κ1) is 16.7. The van der Waals surface area contributed by atoms with Crippen LogP contribution in [0.25, 0.3) is 11.4 Å². The van der Waals surface area contributed by atoms with E-state index in [-0.39, 0.29) is 23.4 Å². The van der Waals surface area contributed by atoms with Crippen LogP contribution in [0.5, 0.6) is 5.75 Å². The van der Waals surface area contributed by atoms with Gasteiger partial charge in [0.1, 0.15) is 11.6 Å². The van der Waals surface area contributed by atoms with Gasteiger partial charge in [0.05, 0.1) is 17.8 Å². The molecule has 27 heavy (non-hydrogen) atoms. The number of carbonyl (C=O) groups excluding carboxylic acids is 1. The van der Waals surface area contributed by atoms with Crippen molar-refractivity contribution in [3.05, 3.63) is 74.3 Å². The van der Waals surface area contributed by atoms with Gasteiger partial charge in [0.25, 0.3) is 17.0 Å². The van der Waals surface area contributed by atoms with Crippen molar-refractivity contribution in [3.63, 3.8) is 0 Å². The molecule has 3 aromatic rings. The number of H-pyrrole nitrogens is 2. The van der Waals surface area contributed by atoms with Crippen molar-refractivity contribution in [1.82, 2.24) is 24.8 Å². The number of rotatable bonds is 2. The Morgan fingerprint density at radius 3 is 2.74 bits per heavy atom. The Kier molecular flexibility index (Phi) is 4.03. The number of aromatic nitrogens is 4. The standard InChI is InChI=1S/C18H15N5O4/c24-14-7-15(25)20-8-12(14)18(27)23-6-3-11-13(9-23)21-16(22-17(11)26)10-1-4-19-5-2-10/h1-2,4-5,7-8H,3,6,9H2,(H2,20,24,25)(H,21,22,26). The van der Waals surface area contributed by atoms with Crippen LogP contribution in [0.1, 0.15) is 21.6 Å². The van der Waals surface area contributed by atoms with E-state index in [9.17, 15) is 19.5 Å². The van der Waals surface area contributed by atoms with Crippen LogP contribution in [0.3, 0.4) is 0 Å². The number of fused-ring (bicyclic) bond motifs is 1. The van der Waals surface area contributed by atoms with E-state index in [1.54, 1.807) is 24.5 Å². The Bertz CT molecular complexity index is 1140. The molecule has 0 saturated heterocycles. The second kappa shape index (κ2) is 6.52. The monoisotopic (exact) mass is 365 g/mol. The zero-order valence-electron chi connectivity index (χ0n) is 14.1. The Balaban J connectivity index is 1.68. The lowest BCUT2D eigenvalue weighted by Gasteiger charge is -2.28. The van der Waals surface area contributed by atoms with E-state index in [1.165, 1.54) is 11.1 Å². The number of nitrogens with one attached hydrogen (secondary N) is 2. The summed E-state index contributed by atoms with van der Waals surface area (Å²) in [6.45, 7) is 0.443. The van der Waals surface area contributed by atoms with E-state index in [1.807, 2.05) is 0 Å². The average molecular weight is 365 g/mol. The topological polar surface area (TPSA) is 132 Å². The summed E-state index contributed by atoms with van der Waals surface area (Å²) in [5.74, 6) is -0.421. The fraction of sp³-hybridized carbons (Fsp3) is 0.167. The van der Waals surface area contributed by atoms with Gasteiger partial charge in [-0.2, -0.15) is 0 Å². The van der Waals surface area contributed by atoms with E-state index in [4.69, 9.17) is 0 Å². The molecule has 4 rings (SSSR count). The van der Waals surface area contributed by atoms with Crippen LogP contribution in [-0.4, -0.2) is 42.4 Å². The van der Waals surface area contributed by atoms with Gasteiger partial charge in [-0.05, 0) is 18.6 Å². The predicted octanol–water partition coefficient (Wildman–Crippen LogP) is 0.424. The Labute approximate surface area is 152 Å². The highest BCUT2D eigenvalue weighted by atomic mass is 16.3. The predicted molar refractivity (Wildman–Crippen MR) is 95.3 cm³/mol. The van der Waals surface area contributed by atoms with Crippen molar-refractivity contribution in [3.8, 4) is 17.1 Å². The molecule has 0 bridgehead atoms. The summed E-state index contributed by atoms with van der Waals surface area (Å²) >= 11 is 0. The van der Waals surface area contributed by atoms with Gasteiger partial charge in [-0.15, -0.1) is 0 Å². The van der Waals surface area contributed by atoms with E-state index in [2.05, 4.69) is 19.9 Å². The molecule has 9 heteroatoms. The minimum atomic E-state index is -0.497. The zero-order valence-corrected chi connectivity index (χ0v) is 14.1. The summed E-state index contributed by atoms with van der Waals surface area (Å²) in [7, 11) is 0. The first-order valence-electron chi connectivity index (χ1n) is 8.26. The van der Waals surface area contributed by atoms with Crippen molar-refractivity contribution in [2.75, 3.05) is 6.54 Å². The molecule has 1 aliphatic rings. The third-order valence-corrected chi connectivity index (χ3v) is 4.45. The highest BCUT2D eigenvalue weighted by Gasteiger charge is 2.27. The quantitative estimate of drug-likeness (QED) is 0.603. The molecule has 0 radical (unpaired) electrons. The van der Waals surface area contributed by atoms with Gasteiger partial charge in [-0.3, -0.25) is 19.4 Å². The molecule has 0 fully saturated rings. The minimum absolute atomic E-state index is 0.00255. The maximum absolute atomic E-state index is 12.7. The van der Waals surface area contributed by atoms with Gasteiger partial charge in [-0.1, -0.05) is 0 Å². The molecule has 4 heterocycles. The molecule has 0 unspecified atom stereocenters. The van der Waals surface area contributed by atoms with Crippen molar-refractivity contribution in [2.45, 2.75) is 13.0 Å². The molecule has 1 amide bonds. The third-order valence-electron chi connectivity index (χ3n) is 4.45. The number of hydrogen-bond donors (Lipinski definition) is 3. The molecular formula is C18H15N5O4. The van der Waals surface area contributed by atoms with Crippen LogP contribution in [0.2, 0.25) is 0 Å². The Hall–Kier alpha value is -3.75. The summed E-state index contributed by atoms with van der Waals surface area (Å²) in [6.07, 6.45) is 4.74. The van der Waals surface area contributed by atoms with Crippen LogP contribution >= 0.6 is 0 Å². The van der Waals surface area contributed by atoms with E-state index in [0.717, 1.165) is 6.07 Å². The molecule has 3 aromatic heterocycles. The average Bonchev–Trinajstić information content (AvgIpc) is 2.67. The maximum Gasteiger partial charge on any atom is 0.259 e. The third kappa shape index (κ3) is 3.10. The summed E-state index contributed by atoms with van der Waals surface area (Å²) < 4.78 is 0. The van der Waals surface area contributed by atoms with Crippen LogP contribution < -0.4 is 11.1 Å². The summed E-state index contributed by atoms with van der Waals surface area (Å²) in [5, 5.41) is 9.88. The fourth-order valence-electron chi connectivity index (χ4n) is 3.06. The van der Waals surface area contributed by atoms with Gasteiger partial charge in [0.2, 0.25) is 0 Å². The molecule has 0 aromatic carbocycles. The largest absolute Gasteiger partial charge is 0.507 e. The summed E-state index contributed by atoms with van der Waals surface area (Å²) in [4.78, 5) is 51.4. The molecule has 3 N–H and O–H groups in total. The van der Waals surface area contributed by atoms with Crippen molar-refractivity contribution in [1.29, 1.82) is 0 Å². The van der Waals surface area contributed by atoms with Crippen molar-refractivity contribution in [2.24, 2.45) is 0 Å². The van der Waals surface area contributed by atoms with Crippen molar-refractivity contribution < 1.29 is 9.90 Å². The Morgan fingerprint density at radius 2 is 2.00 bits per heavy atom. The van der Waals surface area contributed by atoms with Gasteiger partial charge in [-0.25, -0.2) is 4.98 Å². The highest BCUT2D eigenvalue weighted by Crippen LogP contribution is 2.22. The zero-order chi connectivity index (χ0) is 19.0. The van der Waals surface area contributed by atoms with Crippen LogP contribution in [0.4, 0.5) is 0 Å².